The SMILES string of the molecule is COc1cccc(C)c1.O=CN1CCN(C(=O)c2ccc3ncccc3c2)CC1. The molecule has 6 nitrogen and oxygen atoms in total. The number of carbonyl (C=O) groups excluding carboxylic acids is 2. The third-order valence-corrected chi connectivity index (χ3v) is 4.83. The zero-order chi connectivity index (χ0) is 20.6. The molecule has 1 aliphatic rings. The number of fused-ring (bicyclic) bond motifs is 1. The number of benzene rings is 2. The standard InChI is InChI=1S/C15H15N3O2.C8H10O/c19-11-17-6-8-18(9-7-17)15(20)13-3-4-14-12(10-13)2-1-5-16-14;1-7-4-3-5-8(6-7)9-2/h1-5,10-11H,6-9H2;3-6H,1-2H3. The third kappa shape index (κ3) is 5.31. The number of rotatable bonds is 3. The van der Waals surface area contributed by atoms with Gasteiger partial charge >= 0.3 is 0 Å². The number of pyridine rings is 1. The molecule has 2 aromatic carbocycles. The molecule has 150 valence electrons. The molecule has 0 aliphatic carbocycles. The highest BCUT2D eigenvalue weighted by Crippen LogP contribution is 2.16. The molecule has 1 aromatic heterocycles. The van der Waals surface area contributed by atoms with Crippen LogP contribution in [0.1, 0.15) is 15.9 Å². The number of nitrogens with zero attached hydrogens (tertiary/aromatic N) is 3. The molecule has 4 rings (SSSR count). The summed E-state index contributed by atoms with van der Waals surface area (Å²) in [5.74, 6) is 0.941. The first-order valence-corrected chi connectivity index (χ1v) is 9.55. The smallest absolute Gasteiger partial charge is 0.253 e. The van der Waals surface area contributed by atoms with Crippen LogP contribution in [0.5, 0.6) is 5.75 Å². The van der Waals surface area contributed by atoms with Gasteiger partial charge in [-0.15, -0.1) is 0 Å². The molecule has 0 unspecified atom stereocenters. The number of carbonyl (C=O) groups is 2. The van der Waals surface area contributed by atoms with Crippen LogP contribution < -0.4 is 4.74 Å². The Morgan fingerprint density at radius 2 is 1.83 bits per heavy atom. The molecular formula is C23H25N3O3. The summed E-state index contributed by atoms with van der Waals surface area (Å²) >= 11 is 0. The largest absolute Gasteiger partial charge is 0.497 e. The Morgan fingerprint density at radius 1 is 1.03 bits per heavy atom. The van der Waals surface area contributed by atoms with E-state index in [1.54, 1.807) is 23.1 Å². The number of methoxy groups -OCH3 is 1. The highest BCUT2D eigenvalue weighted by Gasteiger charge is 2.21. The van der Waals surface area contributed by atoms with Crippen LogP contribution in [0.3, 0.4) is 0 Å². The van der Waals surface area contributed by atoms with Crippen LogP contribution in [0.2, 0.25) is 0 Å². The van der Waals surface area contributed by atoms with Crippen LogP contribution >= 0.6 is 0 Å². The van der Waals surface area contributed by atoms with Crippen LogP contribution in [0, 0.1) is 6.92 Å². The first kappa shape index (κ1) is 20.3. The van der Waals surface area contributed by atoms with Gasteiger partial charge < -0.3 is 14.5 Å². The Kier molecular flexibility index (Phi) is 6.79. The van der Waals surface area contributed by atoms with Gasteiger partial charge in [0.1, 0.15) is 5.75 Å². The highest BCUT2D eigenvalue weighted by molar-refractivity contribution is 5.98. The second-order valence-corrected chi connectivity index (χ2v) is 6.87. The topological polar surface area (TPSA) is 62.7 Å². The maximum Gasteiger partial charge on any atom is 0.253 e. The number of aromatic nitrogens is 1. The molecule has 0 bridgehead atoms. The predicted octanol–water partition coefficient (Wildman–Crippen LogP) is 3.15. The number of hydrogen-bond donors (Lipinski definition) is 0. The molecule has 2 amide bonds. The fourth-order valence-corrected chi connectivity index (χ4v) is 3.16. The summed E-state index contributed by atoms with van der Waals surface area (Å²) in [5, 5.41) is 0.963. The molecule has 3 aromatic rings. The van der Waals surface area contributed by atoms with Gasteiger partial charge in [-0.2, -0.15) is 0 Å². The Morgan fingerprint density at radius 3 is 2.48 bits per heavy atom. The maximum atomic E-state index is 12.4. The van der Waals surface area contributed by atoms with Crippen LogP contribution in [-0.4, -0.2) is 60.4 Å². The zero-order valence-corrected chi connectivity index (χ0v) is 16.7. The highest BCUT2D eigenvalue weighted by atomic mass is 16.5. The van der Waals surface area contributed by atoms with E-state index in [9.17, 15) is 9.59 Å². The number of aryl methyl sites for hydroxylation is 1. The van der Waals surface area contributed by atoms with Crippen molar-refractivity contribution in [3.63, 3.8) is 0 Å². The monoisotopic (exact) mass is 391 g/mol. The van der Waals surface area contributed by atoms with Gasteiger partial charge in [0, 0.05) is 43.3 Å². The molecule has 0 saturated carbocycles. The van der Waals surface area contributed by atoms with E-state index < -0.39 is 0 Å². The van der Waals surface area contributed by atoms with Gasteiger partial charge in [0.05, 0.1) is 12.6 Å². The van der Waals surface area contributed by atoms with E-state index >= 15 is 0 Å². The zero-order valence-electron chi connectivity index (χ0n) is 16.7. The molecule has 0 spiro atoms. The summed E-state index contributed by atoms with van der Waals surface area (Å²) < 4.78 is 5.00. The van der Waals surface area contributed by atoms with Gasteiger partial charge in [-0.05, 0) is 48.9 Å². The van der Waals surface area contributed by atoms with E-state index in [0.29, 0.717) is 31.7 Å². The van der Waals surface area contributed by atoms with Crippen molar-refractivity contribution >= 4 is 23.2 Å². The Labute approximate surface area is 170 Å². The summed E-state index contributed by atoms with van der Waals surface area (Å²) in [6.07, 6.45) is 2.58. The minimum atomic E-state index is 0.0151. The third-order valence-electron chi connectivity index (χ3n) is 4.83. The first-order valence-electron chi connectivity index (χ1n) is 9.55. The molecule has 0 atom stereocenters. The number of amides is 2. The molecule has 1 fully saturated rings. The van der Waals surface area contributed by atoms with E-state index in [1.807, 2.05) is 61.5 Å². The van der Waals surface area contributed by atoms with E-state index in [0.717, 1.165) is 23.1 Å². The Balaban J connectivity index is 0.000000224. The number of piperazine rings is 1. The van der Waals surface area contributed by atoms with Crippen molar-refractivity contribution in [2.45, 2.75) is 6.92 Å². The minimum absolute atomic E-state index is 0.0151. The fraction of sp³-hybridized carbons (Fsp3) is 0.261. The molecule has 0 N–H and O–H groups in total. The van der Waals surface area contributed by atoms with Gasteiger partial charge in [0.2, 0.25) is 6.41 Å². The van der Waals surface area contributed by atoms with Gasteiger partial charge in [-0.3, -0.25) is 14.6 Å². The van der Waals surface area contributed by atoms with Crippen molar-refractivity contribution < 1.29 is 14.3 Å². The van der Waals surface area contributed by atoms with Crippen molar-refractivity contribution in [1.29, 1.82) is 0 Å². The molecule has 1 saturated heterocycles. The second kappa shape index (κ2) is 9.68. The molecule has 1 aliphatic heterocycles. The van der Waals surface area contributed by atoms with E-state index in [1.165, 1.54) is 5.56 Å². The fourth-order valence-electron chi connectivity index (χ4n) is 3.16. The number of ether oxygens (including phenoxy) is 1. The van der Waals surface area contributed by atoms with Crippen LogP contribution in [0.15, 0.2) is 60.8 Å². The van der Waals surface area contributed by atoms with Gasteiger partial charge in [-0.25, -0.2) is 0 Å². The summed E-state index contributed by atoms with van der Waals surface area (Å²) in [6.45, 7) is 4.42. The average molecular weight is 391 g/mol. The van der Waals surface area contributed by atoms with Crippen LogP contribution in [0.25, 0.3) is 10.9 Å². The molecule has 6 heteroatoms. The molecule has 29 heavy (non-hydrogen) atoms. The lowest BCUT2D eigenvalue weighted by Gasteiger charge is -2.32. The van der Waals surface area contributed by atoms with E-state index in [-0.39, 0.29) is 5.91 Å². The molecule has 0 radical (unpaired) electrons. The normalized spacial score (nSPS) is 13.4. The van der Waals surface area contributed by atoms with Crippen molar-refractivity contribution in [3.8, 4) is 5.75 Å². The van der Waals surface area contributed by atoms with Gasteiger partial charge in [0.15, 0.2) is 0 Å². The van der Waals surface area contributed by atoms with E-state index in [2.05, 4.69) is 4.98 Å². The summed E-state index contributed by atoms with van der Waals surface area (Å²) in [7, 11) is 1.68. The van der Waals surface area contributed by atoms with Crippen molar-refractivity contribution in [2.24, 2.45) is 0 Å². The van der Waals surface area contributed by atoms with Crippen LogP contribution in [-0.2, 0) is 4.79 Å². The molecular weight excluding hydrogens is 366 g/mol. The molecule has 2 heterocycles. The van der Waals surface area contributed by atoms with Crippen LogP contribution in [0.4, 0.5) is 0 Å². The minimum Gasteiger partial charge on any atom is -0.497 e. The first-order chi connectivity index (χ1) is 14.1. The van der Waals surface area contributed by atoms with Crippen molar-refractivity contribution in [2.75, 3.05) is 33.3 Å². The predicted molar refractivity (Wildman–Crippen MR) is 113 cm³/mol. The Bertz CT molecular complexity index is 982. The lowest BCUT2D eigenvalue weighted by molar-refractivity contribution is -0.119. The average Bonchev–Trinajstić information content (AvgIpc) is 2.78. The summed E-state index contributed by atoms with van der Waals surface area (Å²) in [4.78, 5) is 30.8. The van der Waals surface area contributed by atoms with E-state index in [4.69, 9.17) is 4.74 Å². The summed E-state index contributed by atoms with van der Waals surface area (Å²) in [5.41, 5.74) is 2.79. The quantitative estimate of drug-likeness (QED) is 0.644. The lowest BCUT2D eigenvalue weighted by atomic mass is 10.1. The lowest BCUT2D eigenvalue weighted by Crippen LogP contribution is -2.48. The van der Waals surface area contributed by atoms with Crippen molar-refractivity contribution in [1.82, 2.24) is 14.8 Å². The number of hydrogen-bond acceptors (Lipinski definition) is 4. The van der Waals surface area contributed by atoms with Gasteiger partial charge in [-0.1, -0.05) is 18.2 Å². The maximum absolute atomic E-state index is 12.4. The second-order valence-electron chi connectivity index (χ2n) is 6.87. The van der Waals surface area contributed by atoms with Gasteiger partial charge in [0.25, 0.3) is 5.91 Å². The summed E-state index contributed by atoms with van der Waals surface area (Å²) in [6, 6.07) is 17.3. The Hall–Kier alpha value is -3.41. The van der Waals surface area contributed by atoms with Crippen molar-refractivity contribution in [3.05, 3.63) is 71.9 Å².